The van der Waals surface area contributed by atoms with Gasteiger partial charge in [-0.3, -0.25) is 4.79 Å². The average Bonchev–Trinajstić information content (AvgIpc) is 3.06. The van der Waals surface area contributed by atoms with Gasteiger partial charge in [0.1, 0.15) is 13.2 Å². The third-order valence-corrected chi connectivity index (χ3v) is 3.27. The summed E-state index contributed by atoms with van der Waals surface area (Å²) in [5.41, 5.74) is 0. The molecule has 0 N–H and O–H groups in total. The van der Waals surface area contributed by atoms with Crippen LogP contribution in [0, 0.1) is 6.92 Å². The summed E-state index contributed by atoms with van der Waals surface area (Å²) < 4.78 is 58.5. The minimum absolute atomic E-state index is 0.118. The van der Waals surface area contributed by atoms with E-state index < -0.39 is 31.5 Å². The molecule has 1 aliphatic rings. The number of alkyl halides is 4. The summed E-state index contributed by atoms with van der Waals surface area (Å²) in [5, 5.41) is 3.66. The predicted octanol–water partition coefficient (Wildman–Crippen LogP) is 1.61. The van der Waals surface area contributed by atoms with Crippen LogP contribution in [-0.4, -0.2) is 59.6 Å². The second-order valence-electron chi connectivity index (χ2n) is 5.06. The van der Waals surface area contributed by atoms with Crippen molar-refractivity contribution in [3.05, 3.63) is 11.7 Å². The molecule has 22 heavy (non-hydrogen) atoms. The second-order valence-corrected chi connectivity index (χ2v) is 5.06. The third kappa shape index (κ3) is 3.93. The van der Waals surface area contributed by atoms with Gasteiger partial charge in [-0.1, -0.05) is 5.16 Å². The lowest BCUT2D eigenvalue weighted by molar-refractivity contribution is -0.170. The average molecular weight is 325 g/mol. The van der Waals surface area contributed by atoms with E-state index in [1.54, 1.807) is 6.92 Å². The van der Waals surface area contributed by atoms with Crippen LogP contribution in [0.1, 0.15) is 24.1 Å². The molecule has 1 aromatic heterocycles. The van der Waals surface area contributed by atoms with Crippen LogP contribution >= 0.6 is 0 Å². The lowest BCUT2D eigenvalue weighted by Crippen LogP contribution is -2.36. The van der Waals surface area contributed by atoms with Gasteiger partial charge in [0.05, 0.1) is 5.92 Å². The molecule has 6 nitrogen and oxygen atoms in total. The Hall–Kier alpha value is -1.71. The molecular weight excluding hydrogens is 310 g/mol. The molecule has 1 aliphatic heterocycles. The summed E-state index contributed by atoms with van der Waals surface area (Å²) in [4.78, 5) is 17.2. The smallest absolute Gasteiger partial charge is 0.330 e. The van der Waals surface area contributed by atoms with E-state index in [-0.39, 0.29) is 5.92 Å². The summed E-state index contributed by atoms with van der Waals surface area (Å²) in [6.07, 6.45) is -3.22. The number of carbonyl (C=O) groups is 1. The minimum Gasteiger partial charge on any atom is -0.365 e. The molecule has 124 valence electrons. The molecule has 2 rings (SSSR count). The molecule has 1 aromatic rings. The first-order valence-corrected chi connectivity index (χ1v) is 6.61. The summed E-state index contributed by atoms with van der Waals surface area (Å²) in [6.45, 7) is 0.199. The van der Waals surface area contributed by atoms with Crippen LogP contribution in [0.25, 0.3) is 0 Å². The molecule has 10 heteroatoms. The SMILES string of the molecule is Cc1noc([C@H]2CCN(C(=O)COCC(F)(F)C(F)F)C2)n1. The van der Waals surface area contributed by atoms with E-state index in [1.807, 2.05) is 0 Å². The Bertz CT molecular complexity index is 523. The first kappa shape index (κ1) is 16.7. The molecule has 0 bridgehead atoms. The molecule has 0 aromatic carbocycles. The highest BCUT2D eigenvalue weighted by Crippen LogP contribution is 2.26. The normalized spacial score (nSPS) is 19.2. The fourth-order valence-electron chi connectivity index (χ4n) is 2.10. The van der Waals surface area contributed by atoms with Crippen molar-refractivity contribution >= 4 is 5.91 Å². The molecule has 1 atom stereocenters. The van der Waals surface area contributed by atoms with Crippen LogP contribution in [-0.2, 0) is 9.53 Å². The van der Waals surface area contributed by atoms with Gasteiger partial charge in [0.2, 0.25) is 11.8 Å². The highest BCUT2D eigenvalue weighted by molar-refractivity contribution is 5.77. The minimum atomic E-state index is -4.25. The number of amides is 1. The highest BCUT2D eigenvalue weighted by Gasteiger charge is 2.41. The summed E-state index contributed by atoms with van der Waals surface area (Å²) in [6, 6.07) is 0. The van der Waals surface area contributed by atoms with Crippen molar-refractivity contribution in [2.45, 2.75) is 31.6 Å². The van der Waals surface area contributed by atoms with Gasteiger partial charge in [0.25, 0.3) is 0 Å². The zero-order valence-electron chi connectivity index (χ0n) is 11.8. The number of ether oxygens (including phenoxy) is 1. The number of nitrogens with zero attached hydrogens (tertiary/aromatic N) is 3. The van der Waals surface area contributed by atoms with Crippen molar-refractivity contribution in [1.82, 2.24) is 15.0 Å². The van der Waals surface area contributed by atoms with Crippen molar-refractivity contribution in [1.29, 1.82) is 0 Å². The molecule has 0 radical (unpaired) electrons. The Balaban J connectivity index is 1.77. The summed E-state index contributed by atoms with van der Waals surface area (Å²) in [5.74, 6) is -4.01. The van der Waals surface area contributed by atoms with Gasteiger partial charge in [0.15, 0.2) is 5.82 Å². The Kier molecular flexibility index (Phi) is 4.99. The lowest BCUT2D eigenvalue weighted by atomic mass is 10.1. The second kappa shape index (κ2) is 6.59. The number of halogens is 4. The predicted molar refractivity (Wildman–Crippen MR) is 64.7 cm³/mol. The quantitative estimate of drug-likeness (QED) is 0.743. The number of rotatable bonds is 6. The van der Waals surface area contributed by atoms with E-state index in [2.05, 4.69) is 14.9 Å². The lowest BCUT2D eigenvalue weighted by Gasteiger charge is -2.18. The van der Waals surface area contributed by atoms with Crippen LogP contribution in [0.5, 0.6) is 0 Å². The maximum atomic E-state index is 12.6. The fraction of sp³-hybridized carbons (Fsp3) is 0.750. The van der Waals surface area contributed by atoms with Gasteiger partial charge in [0, 0.05) is 13.1 Å². The van der Waals surface area contributed by atoms with E-state index in [0.717, 1.165) is 0 Å². The fourth-order valence-corrected chi connectivity index (χ4v) is 2.10. The third-order valence-electron chi connectivity index (χ3n) is 3.27. The number of hydrogen-bond acceptors (Lipinski definition) is 5. The van der Waals surface area contributed by atoms with Gasteiger partial charge in [-0.2, -0.15) is 13.8 Å². The Morgan fingerprint density at radius 2 is 2.27 bits per heavy atom. The Morgan fingerprint density at radius 1 is 1.55 bits per heavy atom. The van der Waals surface area contributed by atoms with Crippen molar-refractivity contribution < 1.29 is 31.6 Å². The summed E-state index contributed by atoms with van der Waals surface area (Å²) in [7, 11) is 0. The van der Waals surface area contributed by atoms with Crippen molar-refractivity contribution in [2.75, 3.05) is 26.3 Å². The maximum Gasteiger partial charge on any atom is 0.330 e. The van der Waals surface area contributed by atoms with Crippen LogP contribution < -0.4 is 0 Å². The summed E-state index contributed by atoms with van der Waals surface area (Å²) >= 11 is 0. The number of carbonyl (C=O) groups excluding carboxylic acids is 1. The highest BCUT2D eigenvalue weighted by atomic mass is 19.3. The van der Waals surface area contributed by atoms with Gasteiger partial charge in [-0.15, -0.1) is 0 Å². The van der Waals surface area contributed by atoms with E-state index in [4.69, 9.17) is 4.52 Å². The largest absolute Gasteiger partial charge is 0.365 e. The molecule has 1 saturated heterocycles. The molecule has 0 saturated carbocycles. The molecular formula is C12H15F4N3O3. The van der Waals surface area contributed by atoms with Crippen molar-refractivity contribution in [2.24, 2.45) is 0 Å². The van der Waals surface area contributed by atoms with Crippen LogP contribution in [0.3, 0.4) is 0 Å². The van der Waals surface area contributed by atoms with Crippen LogP contribution in [0.15, 0.2) is 4.52 Å². The number of aromatic nitrogens is 2. The van der Waals surface area contributed by atoms with Crippen molar-refractivity contribution in [3.63, 3.8) is 0 Å². The molecule has 0 unspecified atom stereocenters. The molecule has 0 aliphatic carbocycles. The number of hydrogen-bond donors (Lipinski definition) is 0. The van der Waals surface area contributed by atoms with Crippen LogP contribution in [0.2, 0.25) is 0 Å². The number of likely N-dealkylation sites (tertiary alicyclic amines) is 1. The van der Waals surface area contributed by atoms with E-state index in [9.17, 15) is 22.4 Å². The van der Waals surface area contributed by atoms with Crippen molar-refractivity contribution in [3.8, 4) is 0 Å². The zero-order valence-corrected chi connectivity index (χ0v) is 11.8. The van der Waals surface area contributed by atoms with E-state index in [1.165, 1.54) is 4.90 Å². The Morgan fingerprint density at radius 3 is 2.86 bits per heavy atom. The Labute approximate surface area is 123 Å². The van der Waals surface area contributed by atoms with Gasteiger partial charge >= 0.3 is 12.3 Å². The first-order valence-electron chi connectivity index (χ1n) is 6.61. The van der Waals surface area contributed by atoms with Gasteiger partial charge in [-0.05, 0) is 13.3 Å². The zero-order chi connectivity index (χ0) is 16.3. The number of aryl methyl sites for hydroxylation is 1. The molecule has 0 spiro atoms. The van der Waals surface area contributed by atoms with Crippen LogP contribution in [0.4, 0.5) is 17.6 Å². The molecule has 2 heterocycles. The van der Waals surface area contributed by atoms with E-state index in [0.29, 0.717) is 31.2 Å². The van der Waals surface area contributed by atoms with Gasteiger partial charge < -0.3 is 14.2 Å². The van der Waals surface area contributed by atoms with E-state index >= 15 is 0 Å². The van der Waals surface area contributed by atoms with Gasteiger partial charge in [-0.25, -0.2) is 8.78 Å². The molecule has 1 amide bonds. The topological polar surface area (TPSA) is 68.5 Å². The first-order chi connectivity index (χ1) is 10.3. The molecule has 1 fully saturated rings. The maximum absolute atomic E-state index is 12.6. The standard InChI is InChI=1S/C12H15F4N3O3/c1-7-17-10(22-18-7)8-2-3-19(4-8)9(20)5-21-6-12(15,16)11(13)14/h8,11H,2-6H2,1H3/t8-/m0/s1. The monoisotopic (exact) mass is 325 g/mol.